The fourth-order valence-electron chi connectivity index (χ4n) is 2.54. The summed E-state index contributed by atoms with van der Waals surface area (Å²) in [5.41, 5.74) is -0.503. The van der Waals surface area contributed by atoms with Crippen LogP contribution in [0.4, 0.5) is 4.39 Å². The summed E-state index contributed by atoms with van der Waals surface area (Å²) in [6.07, 6.45) is 6.15. The molecule has 2 atom stereocenters. The Balaban J connectivity index is 2.77. The minimum Gasteiger partial charge on any atom is -0.480 e. The van der Waals surface area contributed by atoms with E-state index in [-0.39, 0.29) is 41.9 Å². The molecule has 0 fully saturated rings. The van der Waals surface area contributed by atoms with Crippen molar-refractivity contribution in [2.75, 3.05) is 5.75 Å². The summed E-state index contributed by atoms with van der Waals surface area (Å²) in [5, 5.41) is 16.0. The monoisotopic (exact) mass is 480 g/mol. The molecule has 180 valence electrons. The van der Waals surface area contributed by atoms with E-state index in [9.17, 15) is 23.6 Å². The SMILES string of the molecule is C/C=C(\NC(=O)c1ccc(F)c(CNC(=O)C[C@H](C)/C=C/CCS)n1)C(=O)N[C@@H](C)C(=O)O. The van der Waals surface area contributed by atoms with Crippen LogP contribution in [0.5, 0.6) is 0 Å². The molecule has 11 heteroatoms. The van der Waals surface area contributed by atoms with Crippen LogP contribution in [0.2, 0.25) is 0 Å². The Bertz CT molecular complexity index is 935. The number of nitrogens with zero attached hydrogens (tertiary/aromatic N) is 1. The van der Waals surface area contributed by atoms with Crippen molar-refractivity contribution in [3.05, 3.63) is 53.3 Å². The molecule has 0 spiro atoms. The molecule has 9 nitrogen and oxygen atoms in total. The second-order valence-corrected chi connectivity index (χ2v) is 7.66. The first-order valence-corrected chi connectivity index (χ1v) is 10.9. The molecular formula is C22H29FN4O5S. The van der Waals surface area contributed by atoms with Gasteiger partial charge in [0.1, 0.15) is 23.3 Å². The van der Waals surface area contributed by atoms with Crippen LogP contribution in [0.1, 0.15) is 49.8 Å². The van der Waals surface area contributed by atoms with E-state index in [0.29, 0.717) is 5.75 Å². The number of carbonyl (C=O) groups excluding carboxylic acids is 3. The lowest BCUT2D eigenvalue weighted by Gasteiger charge is -2.13. The molecular weight excluding hydrogens is 451 g/mol. The van der Waals surface area contributed by atoms with Gasteiger partial charge >= 0.3 is 5.97 Å². The minimum absolute atomic E-state index is 0.00551. The first kappa shape index (κ1) is 27.8. The van der Waals surface area contributed by atoms with E-state index < -0.39 is 29.6 Å². The van der Waals surface area contributed by atoms with Crippen molar-refractivity contribution < 1.29 is 28.7 Å². The largest absolute Gasteiger partial charge is 0.480 e. The van der Waals surface area contributed by atoms with Gasteiger partial charge in [0.25, 0.3) is 11.8 Å². The molecule has 0 aliphatic heterocycles. The quantitative estimate of drug-likeness (QED) is 0.176. The number of carboxylic acids is 1. The minimum atomic E-state index is -1.24. The Kier molecular flexibility index (Phi) is 11.8. The normalized spacial score (nSPS) is 13.3. The van der Waals surface area contributed by atoms with Crippen LogP contribution in [0.3, 0.4) is 0 Å². The molecule has 0 saturated heterocycles. The summed E-state index contributed by atoms with van der Waals surface area (Å²) in [6, 6.07) is 1.01. The Morgan fingerprint density at radius 1 is 1.24 bits per heavy atom. The second-order valence-electron chi connectivity index (χ2n) is 7.21. The molecule has 0 aromatic carbocycles. The van der Waals surface area contributed by atoms with Crippen LogP contribution in [-0.4, -0.2) is 45.6 Å². The van der Waals surface area contributed by atoms with Gasteiger partial charge < -0.3 is 21.1 Å². The number of nitrogens with one attached hydrogen (secondary N) is 3. The van der Waals surface area contributed by atoms with E-state index >= 15 is 0 Å². The number of aliphatic carboxylic acids is 1. The van der Waals surface area contributed by atoms with E-state index in [1.807, 2.05) is 19.1 Å². The predicted octanol–water partition coefficient (Wildman–Crippen LogP) is 1.96. The lowest BCUT2D eigenvalue weighted by molar-refractivity contribution is -0.140. The fraction of sp³-hybridized carbons (Fsp3) is 0.409. The molecule has 4 N–H and O–H groups in total. The number of amides is 3. The Hall–Kier alpha value is -3.21. The zero-order chi connectivity index (χ0) is 25.0. The molecule has 0 bridgehead atoms. The van der Waals surface area contributed by atoms with Crippen molar-refractivity contribution in [1.29, 1.82) is 0 Å². The number of carbonyl (C=O) groups is 4. The third-order valence-corrected chi connectivity index (χ3v) is 4.63. The van der Waals surface area contributed by atoms with Gasteiger partial charge in [-0.3, -0.25) is 19.2 Å². The number of carboxylic acid groups (broad SMARTS) is 1. The van der Waals surface area contributed by atoms with Gasteiger partial charge in [-0.2, -0.15) is 12.6 Å². The third kappa shape index (κ3) is 9.85. The highest BCUT2D eigenvalue weighted by molar-refractivity contribution is 7.80. The van der Waals surface area contributed by atoms with Crippen molar-refractivity contribution in [3.63, 3.8) is 0 Å². The number of hydrogen-bond donors (Lipinski definition) is 5. The predicted molar refractivity (Wildman–Crippen MR) is 124 cm³/mol. The summed E-state index contributed by atoms with van der Waals surface area (Å²) in [6.45, 7) is 4.42. The van der Waals surface area contributed by atoms with Gasteiger partial charge in [0.05, 0.1) is 12.2 Å². The molecule has 1 rings (SSSR count). The third-order valence-electron chi connectivity index (χ3n) is 4.37. The van der Waals surface area contributed by atoms with Crippen molar-refractivity contribution in [2.24, 2.45) is 5.92 Å². The van der Waals surface area contributed by atoms with Crippen LogP contribution in [-0.2, 0) is 20.9 Å². The van der Waals surface area contributed by atoms with Gasteiger partial charge in [-0.15, -0.1) is 0 Å². The van der Waals surface area contributed by atoms with E-state index in [1.165, 1.54) is 19.9 Å². The molecule has 33 heavy (non-hydrogen) atoms. The average Bonchev–Trinajstić information content (AvgIpc) is 2.76. The molecule has 1 aromatic rings. The lowest BCUT2D eigenvalue weighted by Crippen LogP contribution is -2.42. The maximum atomic E-state index is 14.1. The Labute approximate surface area is 197 Å². The molecule has 3 amide bonds. The van der Waals surface area contributed by atoms with E-state index in [1.54, 1.807) is 0 Å². The highest BCUT2D eigenvalue weighted by Gasteiger charge is 2.20. The number of pyridine rings is 1. The van der Waals surface area contributed by atoms with Crippen molar-refractivity contribution in [3.8, 4) is 0 Å². The number of halogens is 1. The number of allylic oxidation sites excluding steroid dienone is 3. The van der Waals surface area contributed by atoms with Crippen molar-refractivity contribution in [1.82, 2.24) is 20.9 Å². The van der Waals surface area contributed by atoms with Crippen LogP contribution in [0.25, 0.3) is 0 Å². The Morgan fingerprint density at radius 2 is 1.94 bits per heavy atom. The zero-order valence-electron chi connectivity index (χ0n) is 18.7. The number of aromatic nitrogens is 1. The van der Waals surface area contributed by atoms with Crippen LogP contribution in [0.15, 0.2) is 36.1 Å². The second kappa shape index (κ2) is 14.0. The topological polar surface area (TPSA) is 137 Å². The van der Waals surface area contributed by atoms with Gasteiger partial charge in [-0.05, 0) is 44.1 Å². The van der Waals surface area contributed by atoms with Crippen LogP contribution < -0.4 is 16.0 Å². The molecule has 0 aliphatic carbocycles. The first-order chi connectivity index (χ1) is 15.6. The highest BCUT2D eigenvalue weighted by Crippen LogP contribution is 2.09. The number of thiol groups is 1. The average molecular weight is 481 g/mol. The molecule has 0 aliphatic rings. The van der Waals surface area contributed by atoms with E-state index in [2.05, 4.69) is 33.6 Å². The molecule has 0 saturated carbocycles. The zero-order valence-corrected chi connectivity index (χ0v) is 19.6. The highest BCUT2D eigenvalue weighted by atomic mass is 32.1. The number of rotatable bonds is 12. The van der Waals surface area contributed by atoms with Crippen LogP contribution in [0, 0.1) is 11.7 Å². The van der Waals surface area contributed by atoms with Crippen molar-refractivity contribution >= 4 is 36.3 Å². The summed E-state index contributed by atoms with van der Waals surface area (Å²) >= 11 is 4.11. The van der Waals surface area contributed by atoms with Crippen LogP contribution >= 0.6 is 12.6 Å². The first-order valence-electron chi connectivity index (χ1n) is 10.3. The standard InChI is InChI=1S/C22H29FN4O5S/c1-4-16(20(29)25-14(3)22(31)32)27-21(30)17-9-8-15(23)18(26-17)12-24-19(28)11-13(2)7-5-6-10-33/h4-5,7-9,13-14,33H,6,10-12H2,1-3H3,(H,24,28)(H,25,29)(H,27,30)(H,31,32)/b7-5+,16-4-/t13-,14+/m1/s1. The molecule has 0 radical (unpaired) electrons. The maximum absolute atomic E-state index is 14.1. The van der Waals surface area contributed by atoms with Gasteiger partial charge in [-0.25, -0.2) is 9.37 Å². The fourth-order valence-corrected chi connectivity index (χ4v) is 2.68. The lowest BCUT2D eigenvalue weighted by atomic mass is 10.1. The van der Waals surface area contributed by atoms with Gasteiger partial charge in [0.2, 0.25) is 5.91 Å². The summed E-state index contributed by atoms with van der Waals surface area (Å²) in [7, 11) is 0. The summed E-state index contributed by atoms with van der Waals surface area (Å²) in [4.78, 5) is 51.5. The number of hydrogen-bond acceptors (Lipinski definition) is 6. The molecule has 1 aromatic heterocycles. The van der Waals surface area contributed by atoms with Crippen molar-refractivity contribution in [2.45, 2.75) is 46.2 Å². The molecule has 0 unspecified atom stereocenters. The van der Waals surface area contributed by atoms with Gasteiger partial charge in [0.15, 0.2) is 0 Å². The van der Waals surface area contributed by atoms with E-state index in [4.69, 9.17) is 5.11 Å². The summed E-state index contributed by atoms with van der Waals surface area (Å²) in [5.74, 6) is -3.12. The summed E-state index contributed by atoms with van der Waals surface area (Å²) < 4.78 is 14.1. The smallest absolute Gasteiger partial charge is 0.325 e. The Morgan fingerprint density at radius 3 is 2.55 bits per heavy atom. The van der Waals surface area contributed by atoms with Gasteiger partial charge in [-0.1, -0.05) is 25.2 Å². The maximum Gasteiger partial charge on any atom is 0.325 e. The van der Waals surface area contributed by atoms with E-state index in [0.717, 1.165) is 18.6 Å². The molecule has 1 heterocycles. The van der Waals surface area contributed by atoms with Gasteiger partial charge in [0, 0.05) is 6.42 Å².